The third-order valence-corrected chi connectivity index (χ3v) is 5.04. The van der Waals surface area contributed by atoms with Gasteiger partial charge in [-0.25, -0.2) is 8.78 Å². The van der Waals surface area contributed by atoms with Crippen LogP contribution in [-0.4, -0.2) is 6.54 Å². The van der Waals surface area contributed by atoms with Crippen molar-refractivity contribution in [2.24, 2.45) is 11.8 Å². The molecule has 1 aromatic carbocycles. The summed E-state index contributed by atoms with van der Waals surface area (Å²) >= 11 is 0. The van der Waals surface area contributed by atoms with Crippen molar-refractivity contribution in [3.8, 4) is 0 Å². The lowest BCUT2D eigenvalue weighted by atomic mass is 9.79. The van der Waals surface area contributed by atoms with Crippen molar-refractivity contribution in [1.29, 1.82) is 0 Å². The number of fused-ring (bicyclic) bond motifs is 1. The SMILES string of the molecule is CCC(C)CCC1CNc2ccc(C(C)(F)F)cc2C1C. The van der Waals surface area contributed by atoms with E-state index in [2.05, 4.69) is 26.1 Å². The lowest BCUT2D eigenvalue weighted by Gasteiger charge is -2.33. The zero-order chi connectivity index (χ0) is 15.6. The smallest absolute Gasteiger partial charge is 0.270 e. The first-order chi connectivity index (χ1) is 9.82. The van der Waals surface area contributed by atoms with Crippen LogP contribution < -0.4 is 5.32 Å². The molecular formula is C18H27F2N. The maximum absolute atomic E-state index is 13.5. The van der Waals surface area contributed by atoms with Gasteiger partial charge in [-0.1, -0.05) is 39.7 Å². The second-order valence-corrected chi connectivity index (χ2v) is 6.71. The monoisotopic (exact) mass is 295 g/mol. The van der Waals surface area contributed by atoms with Gasteiger partial charge in [0, 0.05) is 24.7 Å². The summed E-state index contributed by atoms with van der Waals surface area (Å²) in [5.74, 6) is -1.15. The standard InChI is InChI=1S/C18H27F2N/c1-5-12(2)6-7-14-11-21-17-9-8-15(18(4,19)20)10-16(17)13(14)3/h8-10,12-14,21H,5-7,11H2,1-4H3. The van der Waals surface area contributed by atoms with Crippen LogP contribution in [0.4, 0.5) is 14.5 Å². The van der Waals surface area contributed by atoms with E-state index >= 15 is 0 Å². The maximum Gasteiger partial charge on any atom is 0.270 e. The second-order valence-electron chi connectivity index (χ2n) is 6.71. The van der Waals surface area contributed by atoms with Crippen molar-refractivity contribution in [2.45, 2.75) is 58.8 Å². The first-order valence-electron chi connectivity index (χ1n) is 8.09. The zero-order valence-corrected chi connectivity index (χ0v) is 13.5. The molecule has 0 aliphatic carbocycles. The van der Waals surface area contributed by atoms with Gasteiger partial charge >= 0.3 is 0 Å². The summed E-state index contributed by atoms with van der Waals surface area (Å²) in [6.45, 7) is 8.60. The zero-order valence-electron chi connectivity index (χ0n) is 13.5. The second kappa shape index (κ2) is 6.33. The Morgan fingerprint density at radius 3 is 2.71 bits per heavy atom. The Kier molecular flexibility index (Phi) is 4.90. The van der Waals surface area contributed by atoms with E-state index in [-0.39, 0.29) is 5.56 Å². The Hall–Kier alpha value is -1.12. The average molecular weight is 295 g/mol. The quantitative estimate of drug-likeness (QED) is 0.727. The van der Waals surface area contributed by atoms with Crippen LogP contribution in [0, 0.1) is 11.8 Å². The lowest BCUT2D eigenvalue weighted by molar-refractivity contribution is 0.0173. The molecule has 2 rings (SSSR count). The molecule has 0 spiro atoms. The van der Waals surface area contributed by atoms with Crippen LogP contribution in [0.3, 0.4) is 0 Å². The number of hydrogen-bond acceptors (Lipinski definition) is 1. The normalized spacial score (nSPS) is 23.3. The molecular weight excluding hydrogens is 268 g/mol. The summed E-state index contributed by atoms with van der Waals surface area (Å²) in [6.07, 6.45) is 3.58. The summed E-state index contributed by atoms with van der Waals surface area (Å²) in [5, 5.41) is 3.42. The molecule has 21 heavy (non-hydrogen) atoms. The number of hydrogen-bond donors (Lipinski definition) is 1. The van der Waals surface area contributed by atoms with Crippen LogP contribution in [0.1, 0.15) is 64.0 Å². The number of anilines is 1. The Morgan fingerprint density at radius 2 is 2.10 bits per heavy atom. The van der Waals surface area contributed by atoms with Gasteiger partial charge in [-0.15, -0.1) is 0 Å². The van der Waals surface area contributed by atoms with E-state index in [1.165, 1.54) is 18.9 Å². The molecule has 0 radical (unpaired) electrons. The van der Waals surface area contributed by atoms with Gasteiger partial charge in [0.15, 0.2) is 0 Å². The molecule has 0 saturated carbocycles. The van der Waals surface area contributed by atoms with E-state index in [4.69, 9.17) is 0 Å². The highest BCUT2D eigenvalue weighted by atomic mass is 19.3. The number of nitrogens with one attached hydrogen (secondary N) is 1. The van der Waals surface area contributed by atoms with Crippen molar-refractivity contribution >= 4 is 5.69 Å². The van der Waals surface area contributed by atoms with Crippen LogP contribution in [0.5, 0.6) is 0 Å². The molecule has 1 aliphatic heterocycles. The van der Waals surface area contributed by atoms with Crippen molar-refractivity contribution in [1.82, 2.24) is 0 Å². The molecule has 1 N–H and O–H groups in total. The fourth-order valence-corrected chi connectivity index (χ4v) is 3.10. The predicted octanol–water partition coefficient (Wildman–Crippen LogP) is 5.77. The number of halogens is 2. The Bertz CT molecular complexity index is 479. The molecule has 0 amide bonds. The largest absolute Gasteiger partial charge is 0.385 e. The topological polar surface area (TPSA) is 12.0 Å². The summed E-state index contributed by atoms with van der Waals surface area (Å²) in [4.78, 5) is 0. The minimum absolute atomic E-state index is 0.123. The summed E-state index contributed by atoms with van der Waals surface area (Å²) in [5.41, 5.74) is 2.20. The van der Waals surface area contributed by atoms with Crippen LogP contribution in [-0.2, 0) is 5.92 Å². The van der Waals surface area contributed by atoms with Gasteiger partial charge in [0.05, 0.1) is 0 Å². The van der Waals surface area contributed by atoms with Crippen molar-refractivity contribution in [3.05, 3.63) is 29.3 Å². The third kappa shape index (κ3) is 3.75. The van der Waals surface area contributed by atoms with E-state index in [0.29, 0.717) is 11.8 Å². The highest BCUT2D eigenvalue weighted by molar-refractivity contribution is 5.57. The minimum Gasteiger partial charge on any atom is -0.385 e. The molecule has 0 bridgehead atoms. The van der Waals surface area contributed by atoms with Gasteiger partial charge < -0.3 is 5.32 Å². The highest BCUT2D eigenvalue weighted by Gasteiger charge is 2.30. The maximum atomic E-state index is 13.5. The molecule has 118 valence electrons. The van der Waals surface area contributed by atoms with E-state index < -0.39 is 5.92 Å². The van der Waals surface area contributed by atoms with Gasteiger partial charge in [0.1, 0.15) is 0 Å². The number of benzene rings is 1. The Labute approximate surface area is 127 Å². The molecule has 1 aromatic rings. The van der Waals surface area contributed by atoms with Gasteiger partial charge in [-0.05, 0) is 41.9 Å². The molecule has 3 unspecified atom stereocenters. The highest BCUT2D eigenvalue weighted by Crippen LogP contribution is 2.40. The predicted molar refractivity (Wildman–Crippen MR) is 85.1 cm³/mol. The first kappa shape index (κ1) is 16.3. The van der Waals surface area contributed by atoms with Crippen molar-refractivity contribution in [3.63, 3.8) is 0 Å². The summed E-state index contributed by atoms with van der Waals surface area (Å²) in [6, 6.07) is 5.05. The van der Waals surface area contributed by atoms with Gasteiger partial charge in [-0.3, -0.25) is 0 Å². The number of alkyl halides is 2. The Balaban J connectivity index is 2.15. The first-order valence-corrected chi connectivity index (χ1v) is 8.09. The van der Waals surface area contributed by atoms with Gasteiger partial charge in [0.2, 0.25) is 0 Å². The average Bonchev–Trinajstić information content (AvgIpc) is 2.45. The van der Waals surface area contributed by atoms with E-state index in [9.17, 15) is 8.78 Å². The molecule has 0 fully saturated rings. The molecule has 1 aliphatic rings. The fraction of sp³-hybridized carbons (Fsp3) is 0.667. The van der Waals surface area contributed by atoms with Crippen LogP contribution >= 0.6 is 0 Å². The van der Waals surface area contributed by atoms with Crippen LogP contribution in [0.15, 0.2) is 18.2 Å². The lowest BCUT2D eigenvalue weighted by Crippen LogP contribution is -2.27. The van der Waals surface area contributed by atoms with E-state index in [0.717, 1.165) is 37.1 Å². The van der Waals surface area contributed by atoms with Crippen molar-refractivity contribution in [2.75, 3.05) is 11.9 Å². The van der Waals surface area contributed by atoms with E-state index in [1.807, 2.05) is 6.07 Å². The van der Waals surface area contributed by atoms with Gasteiger partial charge in [-0.2, -0.15) is 0 Å². The molecule has 3 atom stereocenters. The third-order valence-electron chi connectivity index (χ3n) is 5.04. The van der Waals surface area contributed by atoms with Gasteiger partial charge in [0.25, 0.3) is 5.92 Å². The van der Waals surface area contributed by atoms with E-state index in [1.54, 1.807) is 6.07 Å². The molecule has 0 aromatic heterocycles. The minimum atomic E-state index is -2.77. The number of rotatable bonds is 5. The van der Waals surface area contributed by atoms with Crippen molar-refractivity contribution < 1.29 is 8.78 Å². The molecule has 1 heterocycles. The summed E-state index contributed by atoms with van der Waals surface area (Å²) < 4.78 is 27.1. The molecule has 1 nitrogen and oxygen atoms in total. The van der Waals surface area contributed by atoms with Crippen LogP contribution in [0.2, 0.25) is 0 Å². The molecule has 0 saturated heterocycles. The molecule has 3 heteroatoms. The Morgan fingerprint density at radius 1 is 1.38 bits per heavy atom. The van der Waals surface area contributed by atoms with Crippen LogP contribution in [0.25, 0.3) is 0 Å². The fourth-order valence-electron chi connectivity index (χ4n) is 3.10. The summed E-state index contributed by atoms with van der Waals surface area (Å²) in [7, 11) is 0.